The fraction of sp³-hybridized carbons (Fsp3) is 0.529. The summed E-state index contributed by atoms with van der Waals surface area (Å²) in [4.78, 5) is 5.68. The average Bonchev–Trinajstić information content (AvgIpc) is 3.19. The smallest absolute Gasteiger partial charge is 0.155 e. The lowest BCUT2D eigenvalue weighted by Crippen LogP contribution is -2.08. The Hall–Kier alpha value is -1.12. The molecule has 0 amide bonds. The fourth-order valence-corrected chi connectivity index (χ4v) is 2.52. The number of hydrogen-bond acceptors (Lipinski definition) is 2. The van der Waals surface area contributed by atoms with E-state index in [-0.39, 0.29) is 0 Å². The third kappa shape index (κ3) is 4.19. The molecule has 0 aliphatic carbocycles. The SMILES string of the molecule is C=C(CCC)CCC[C@@H]1ON1[C@@H](C)c1ccccc1. The molecular formula is C17H25NO. The summed E-state index contributed by atoms with van der Waals surface area (Å²) in [7, 11) is 0. The lowest BCUT2D eigenvalue weighted by atomic mass is 10.1. The molecule has 0 spiro atoms. The van der Waals surface area contributed by atoms with E-state index in [0.29, 0.717) is 12.3 Å². The molecule has 0 radical (unpaired) electrons. The molecule has 1 saturated heterocycles. The van der Waals surface area contributed by atoms with Gasteiger partial charge in [-0.25, -0.2) is 0 Å². The maximum Gasteiger partial charge on any atom is 0.155 e. The molecule has 2 nitrogen and oxygen atoms in total. The van der Waals surface area contributed by atoms with Gasteiger partial charge in [0.2, 0.25) is 0 Å². The predicted molar refractivity (Wildman–Crippen MR) is 79.5 cm³/mol. The van der Waals surface area contributed by atoms with Gasteiger partial charge in [0.15, 0.2) is 6.23 Å². The first kappa shape index (κ1) is 14.3. The first-order valence-corrected chi connectivity index (χ1v) is 7.39. The van der Waals surface area contributed by atoms with Crippen LogP contribution in [0.3, 0.4) is 0 Å². The van der Waals surface area contributed by atoms with Crippen LogP contribution >= 0.6 is 0 Å². The van der Waals surface area contributed by atoms with Gasteiger partial charge in [-0.2, -0.15) is 0 Å². The van der Waals surface area contributed by atoms with Gasteiger partial charge < -0.3 is 0 Å². The minimum Gasteiger partial charge on any atom is -0.275 e. The Morgan fingerprint density at radius 2 is 2.05 bits per heavy atom. The molecule has 3 atom stereocenters. The Morgan fingerprint density at radius 3 is 2.74 bits per heavy atom. The molecule has 0 bridgehead atoms. The number of rotatable bonds is 8. The summed E-state index contributed by atoms with van der Waals surface area (Å²) in [6, 6.07) is 10.9. The van der Waals surface area contributed by atoms with Crippen LogP contribution in [-0.4, -0.2) is 11.3 Å². The summed E-state index contributed by atoms with van der Waals surface area (Å²) in [6.45, 7) is 8.52. The van der Waals surface area contributed by atoms with Gasteiger partial charge in [0.25, 0.3) is 0 Å². The summed E-state index contributed by atoms with van der Waals surface area (Å²) in [5.41, 5.74) is 2.70. The van der Waals surface area contributed by atoms with E-state index in [1.807, 2.05) is 0 Å². The molecule has 0 aromatic heterocycles. The lowest BCUT2D eigenvalue weighted by molar-refractivity contribution is 0.155. The number of allylic oxidation sites excluding steroid dienone is 1. The standard InChI is InChI=1S/C17H25NO/c1-4-9-14(2)10-8-13-17-18(19-17)15(3)16-11-6-5-7-12-16/h5-7,11-12,15,17H,2,4,8-10,13H2,1,3H3/t15-,17-,18?/m0/s1. The van der Waals surface area contributed by atoms with Crippen LogP contribution in [-0.2, 0) is 4.84 Å². The highest BCUT2D eigenvalue weighted by Crippen LogP contribution is 2.36. The van der Waals surface area contributed by atoms with Crippen LogP contribution < -0.4 is 0 Å². The molecule has 104 valence electrons. The normalized spacial score (nSPS) is 23.1. The number of hydrogen-bond donors (Lipinski definition) is 0. The van der Waals surface area contributed by atoms with Crippen LogP contribution in [0.5, 0.6) is 0 Å². The molecule has 1 aromatic rings. The van der Waals surface area contributed by atoms with E-state index in [9.17, 15) is 0 Å². The Labute approximate surface area is 117 Å². The molecule has 1 fully saturated rings. The Kier molecular flexibility index (Phi) is 5.17. The van der Waals surface area contributed by atoms with Crippen molar-refractivity contribution in [3.8, 4) is 0 Å². The van der Waals surface area contributed by atoms with Crippen LogP contribution in [0.25, 0.3) is 0 Å². The van der Waals surface area contributed by atoms with E-state index in [4.69, 9.17) is 4.84 Å². The zero-order valence-corrected chi connectivity index (χ0v) is 12.1. The van der Waals surface area contributed by atoms with Crippen LogP contribution in [0.15, 0.2) is 42.5 Å². The topological polar surface area (TPSA) is 15.5 Å². The van der Waals surface area contributed by atoms with Gasteiger partial charge in [-0.1, -0.05) is 55.8 Å². The van der Waals surface area contributed by atoms with Gasteiger partial charge in [-0.05, 0) is 38.2 Å². The number of nitrogens with zero attached hydrogens (tertiary/aromatic N) is 1. The maximum absolute atomic E-state index is 5.68. The van der Waals surface area contributed by atoms with Crippen molar-refractivity contribution in [3.05, 3.63) is 48.0 Å². The van der Waals surface area contributed by atoms with Gasteiger partial charge in [0, 0.05) is 0 Å². The van der Waals surface area contributed by atoms with Crippen LogP contribution in [0, 0.1) is 0 Å². The number of benzene rings is 1. The van der Waals surface area contributed by atoms with Gasteiger partial charge in [0.1, 0.15) is 0 Å². The van der Waals surface area contributed by atoms with Gasteiger partial charge >= 0.3 is 0 Å². The van der Waals surface area contributed by atoms with Crippen LogP contribution in [0.4, 0.5) is 0 Å². The van der Waals surface area contributed by atoms with E-state index in [0.717, 1.165) is 19.3 Å². The monoisotopic (exact) mass is 259 g/mol. The molecule has 19 heavy (non-hydrogen) atoms. The quantitative estimate of drug-likeness (QED) is 0.490. The second-order valence-corrected chi connectivity index (χ2v) is 5.40. The lowest BCUT2D eigenvalue weighted by Gasteiger charge is -2.10. The zero-order valence-electron chi connectivity index (χ0n) is 12.1. The molecule has 0 saturated carbocycles. The Balaban J connectivity index is 1.68. The summed E-state index contributed by atoms with van der Waals surface area (Å²) in [5, 5.41) is 2.11. The number of hydroxylamine groups is 2. The largest absolute Gasteiger partial charge is 0.275 e. The molecule has 1 heterocycles. The maximum atomic E-state index is 5.68. The molecular weight excluding hydrogens is 234 g/mol. The van der Waals surface area contributed by atoms with Crippen molar-refractivity contribution in [3.63, 3.8) is 0 Å². The zero-order chi connectivity index (χ0) is 13.7. The first-order valence-electron chi connectivity index (χ1n) is 7.39. The minimum absolute atomic E-state index is 0.310. The van der Waals surface area contributed by atoms with E-state index >= 15 is 0 Å². The van der Waals surface area contributed by atoms with E-state index in [1.165, 1.54) is 24.0 Å². The van der Waals surface area contributed by atoms with E-state index in [1.54, 1.807) is 0 Å². The van der Waals surface area contributed by atoms with Crippen LogP contribution in [0.2, 0.25) is 0 Å². The molecule has 1 aliphatic heterocycles. The summed E-state index contributed by atoms with van der Waals surface area (Å²) < 4.78 is 0. The van der Waals surface area contributed by atoms with Crippen molar-refractivity contribution in [1.29, 1.82) is 0 Å². The Morgan fingerprint density at radius 1 is 1.32 bits per heavy atom. The third-order valence-corrected chi connectivity index (χ3v) is 3.73. The molecule has 1 unspecified atom stereocenters. The molecule has 1 aromatic carbocycles. The third-order valence-electron chi connectivity index (χ3n) is 3.73. The van der Waals surface area contributed by atoms with Gasteiger partial charge in [0.05, 0.1) is 6.04 Å². The van der Waals surface area contributed by atoms with E-state index < -0.39 is 0 Å². The summed E-state index contributed by atoms with van der Waals surface area (Å²) >= 11 is 0. The van der Waals surface area contributed by atoms with Gasteiger partial charge in [-0.3, -0.25) is 4.84 Å². The van der Waals surface area contributed by atoms with Crippen molar-refractivity contribution in [2.45, 2.75) is 58.2 Å². The highest BCUT2D eigenvalue weighted by Gasteiger charge is 2.40. The fourth-order valence-electron chi connectivity index (χ4n) is 2.52. The van der Waals surface area contributed by atoms with E-state index in [2.05, 4.69) is 55.8 Å². The molecule has 2 heteroatoms. The molecule has 1 aliphatic rings. The average molecular weight is 259 g/mol. The van der Waals surface area contributed by atoms with Crippen molar-refractivity contribution < 1.29 is 4.84 Å². The predicted octanol–water partition coefficient (Wildman–Crippen LogP) is 4.85. The Bertz CT molecular complexity index is 401. The molecule has 2 rings (SSSR count). The van der Waals surface area contributed by atoms with Crippen molar-refractivity contribution in [1.82, 2.24) is 5.06 Å². The second-order valence-electron chi connectivity index (χ2n) is 5.40. The summed E-state index contributed by atoms with van der Waals surface area (Å²) in [5.74, 6) is 0. The second kappa shape index (κ2) is 6.88. The summed E-state index contributed by atoms with van der Waals surface area (Å²) in [6.07, 6.45) is 6.11. The van der Waals surface area contributed by atoms with Crippen molar-refractivity contribution in [2.75, 3.05) is 0 Å². The minimum atomic E-state index is 0.310. The highest BCUT2D eigenvalue weighted by molar-refractivity contribution is 5.18. The van der Waals surface area contributed by atoms with Crippen molar-refractivity contribution in [2.24, 2.45) is 0 Å². The highest BCUT2D eigenvalue weighted by atomic mass is 16.8. The molecule has 0 N–H and O–H groups in total. The van der Waals surface area contributed by atoms with Gasteiger partial charge in [-0.15, -0.1) is 5.06 Å². The first-order chi connectivity index (χ1) is 9.22. The van der Waals surface area contributed by atoms with Crippen molar-refractivity contribution >= 4 is 0 Å². The van der Waals surface area contributed by atoms with Crippen LogP contribution in [0.1, 0.15) is 57.6 Å².